The molecule has 0 bridgehead atoms. The number of nitrogens with zero attached hydrogens (tertiary/aromatic N) is 2. The normalized spacial score (nSPS) is 14.2. The van der Waals surface area contributed by atoms with Gasteiger partial charge in [0.1, 0.15) is 0 Å². The van der Waals surface area contributed by atoms with Crippen molar-refractivity contribution in [3.8, 4) is 0 Å². The maximum Gasteiger partial charge on any atom is 0.261 e. The van der Waals surface area contributed by atoms with Gasteiger partial charge in [0, 0.05) is 106 Å². The van der Waals surface area contributed by atoms with Crippen molar-refractivity contribution in [2.45, 2.75) is 12.8 Å². The van der Waals surface area contributed by atoms with Gasteiger partial charge in [-0.05, 0) is 36.4 Å². The van der Waals surface area contributed by atoms with Crippen molar-refractivity contribution in [3.63, 3.8) is 0 Å². The molecule has 4 aromatic carbocycles. The van der Waals surface area contributed by atoms with Crippen molar-refractivity contribution in [2.75, 3.05) is 89.6 Å². The van der Waals surface area contributed by atoms with Gasteiger partial charge in [-0.15, -0.1) is 0 Å². The summed E-state index contributed by atoms with van der Waals surface area (Å²) in [7, 11) is 11.6. The summed E-state index contributed by atoms with van der Waals surface area (Å²) in [5, 5.41) is 10.2. The van der Waals surface area contributed by atoms with Gasteiger partial charge in [0.2, 0.25) is 0 Å². The van der Waals surface area contributed by atoms with Crippen molar-refractivity contribution >= 4 is 78.1 Å². The Balaban J connectivity index is 1.03. The van der Waals surface area contributed by atoms with E-state index in [2.05, 4.69) is 38.8 Å². The summed E-state index contributed by atoms with van der Waals surface area (Å²) in [4.78, 5) is 59.6. The highest BCUT2D eigenvalue weighted by Gasteiger charge is 2.34. The maximum absolute atomic E-state index is 13.5. The van der Waals surface area contributed by atoms with Crippen LogP contribution in [0.5, 0.6) is 0 Å². The molecule has 0 aromatic heterocycles. The highest BCUT2D eigenvalue weighted by atomic mass is 33.1. The fourth-order valence-electron chi connectivity index (χ4n) is 6.71. The summed E-state index contributed by atoms with van der Waals surface area (Å²) >= 11 is 0. The maximum atomic E-state index is 13.5. The van der Waals surface area contributed by atoms with Crippen molar-refractivity contribution in [1.82, 2.24) is 9.80 Å². The minimum absolute atomic E-state index is 0.266. The van der Waals surface area contributed by atoms with Gasteiger partial charge in [-0.2, -0.15) is 0 Å². The van der Waals surface area contributed by atoms with E-state index in [-0.39, 0.29) is 36.7 Å². The molecule has 0 fully saturated rings. The Morgan fingerprint density at radius 1 is 0.540 bits per heavy atom. The molecule has 0 unspecified atom stereocenters. The van der Waals surface area contributed by atoms with E-state index in [1.807, 2.05) is 48.5 Å². The third-order valence-electron chi connectivity index (χ3n) is 9.20. The van der Waals surface area contributed by atoms with Crippen LogP contribution in [-0.4, -0.2) is 112 Å². The lowest BCUT2D eigenvalue weighted by Gasteiger charge is -2.28. The second kappa shape index (κ2) is 15.8. The van der Waals surface area contributed by atoms with E-state index in [0.29, 0.717) is 44.5 Å². The highest BCUT2D eigenvalue weighted by Crippen LogP contribution is 2.36. The molecule has 0 saturated heterocycles. The molecule has 4 N–H and O–H groups in total. The van der Waals surface area contributed by atoms with E-state index >= 15 is 0 Å². The van der Waals surface area contributed by atoms with Crippen LogP contribution in [0, 0.1) is 0 Å². The molecule has 4 amide bonds. The third kappa shape index (κ3) is 7.34. The van der Waals surface area contributed by atoms with Crippen LogP contribution in [0.2, 0.25) is 0 Å². The van der Waals surface area contributed by atoms with Crippen molar-refractivity contribution in [1.29, 1.82) is 0 Å². The van der Waals surface area contributed by atoms with Crippen LogP contribution in [0.25, 0.3) is 21.5 Å². The van der Waals surface area contributed by atoms with Gasteiger partial charge in [-0.1, -0.05) is 45.9 Å². The van der Waals surface area contributed by atoms with Crippen LogP contribution >= 0.6 is 21.6 Å². The topological polar surface area (TPSA) is 108 Å². The van der Waals surface area contributed by atoms with Crippen molar-refractivity contribution < 1.29 is 29.0 Å². The SMILES string of the molecule is C[NH+](C)CCCNc1ccc2c3c(cccc13)C(=O)N(CCSSCCN1C(=O)c3cccc4c(NCCC[NH+](C)C)ccc(c34)C1=O)C2=O. The lowest BCUT2D eigenvalue weighted by molar-refractivity contribution is -0.858. The fraction of sp³-hybridized carbons (Fsp3) is 0.368. The first-order chi connectivity index (χ1) is 24.2. The second-order valence-corrected chi connectivity index (χ2v) is 16.1. The van der Waals surface area contributed by atoms with Gasteiger partial charge >= 0.3 is 0 Å². The monoisotopic (exact) mass is 714 g/mol. The molecule has 0 spiro atoms. The lowest BCUT2D eigenvalue weighted by atomic mass is 9.93. The summed E-state index contributed by atoms with van der Waals surface area (Å²) in [6.45, 7) is 4.25. The number of hydrogen-bond donors (Lipinski definition) is 4. The Bertz CT molecular complexity index is 1760. The number of rotatable bonds is 17. The van der Waals surface area contributed by atoms with Crippen LogP contribution in [0.4, 0.5) is 11.4 Å². The zero-order valence-corrected chi connectivity index (χ0v) is 30.8. The van der Waals surface area contributed by atoms with E-state index in [0.717, 1.165) is 61.2 Å². The van der Waals surface area contributed by atoms with Crippen LogP contribution in [0.15, 0.2) is 60.7 Å². The zero-order valence-electron chi connectivity index (χ0n) is 29.2. The predicted molar refractivity (Wildman–Crippen MR) is 205 cm³/mol. The summed E-state index contributed by atoms with van der Waals surface area (Å²) < 4.78 is 0. The fourth-order valence-corrected chi connectivity index (χ4v) is 8.62. The molecular formula is C38H46N6O4S2+2. The Morgan fingerprint density at radius 2 is 0.920 bits per heavy atom. The molecule has 0 radical (unpaired) electrons. The minimum atomic E-state index is -0.280. The number of amides is 4. The summed E-state index contributed by atoms with van der Waals surface area (Å²) in [5.74, 6) is -0.0722. The molecule has 262 valence electrons. The summed E-state index contributed by atoms with van der Waals surface area (Å²) in [6.07, 6.45) is 2.03. The third-order valence-corrected chi connectivity index (χ3v) is 11.6. The zero-order chi connectivity index (χ0) is 35.4. The number of carbonyl (C=O) groups is 4. The Hall–Kier alpha value is -4.10. The lowest BCUT2D eigenvalue weighted by Crippen LogP contribution is -3.05. The molecule has 2 aliphatic rings. The Morgan fingerprint density at radius 3 is 1.30 bits per heavy atom. The minimum Gasteiger partial charge on any atom is -0.384 e. The van der Waals surface area contributed by atoms with E-state index in [1.54, 1.807) is 12.1 Å². The molecule has 0 aliphatic carbocycles. The quantitative estimate of drug-likeness (QED) is 0.0752. The molecule has 50 heavy (non-hydrogen) atoms. The second-order valence-electron chi connectivity index (χ2n) is 13.4. The van der Waals surface area contributed by atoms with E-state index in [9.17, 15) is 19.2 Å². The Labute approximate surface area is 301 Å². The van der Waals surface area contributed by atoms with Crippen LogP contribution in [-0.2, 0) is 0 Å². The van der Waals surface area contributed by atoms with Gasteiger partial charge in [0.15, 0.2) is 0 Å². The first kappa shape index (κ1) is 35.7. The van der Waals surface area contributed by atoms with E-state index in [4.69, 9.17) is 0 Å². The molecule has 12 heteroatoms. The summed E-state index contributed by atoms with van der Waals surface area (Å²) in [6, 6.07) is 18.8. The van der Waals surface area contributed by atoms with Crippen LogP contribution < -0.4 is 20.4 Å². The smallest absolute Gasteiger partial charge is 0.261 e. The molecule has 10 nitrogen and oxygen atoms in total. The average molecular weight is 715 g/mol. The average Bonchev–Trinajstić information content (AvgIpc) is 3.10. The largest absolute Gasteiger partial charge is 0.384 e. The van der Waals surface area contributed by atoms with Gasteiger partial charge < -0.3 is 20.4 Å². The van der Waals surface area contributed by atoms with Gasteiger partial charge in [0.25, 0.3) is 23.6 Å². The van der Waals surface area contributed by atoms with E-state index < -0.39 is 0 Å². The molecule has 2 heterocycles. The molecule has 4 aromatic rings. The van der Waals surface area contributed by atoms with Crippen LogP contribution in [0.3, 0.4) is 0 Å². The van der Waals surface area contributed by atoms with Gasteiger partial charge in [-0.25, -0.2) is 0 Å². The number of quaternary nitrogens is 2. The first-order valence-corrected chi connectivity index (χ1v) is 19.8. The number of carbonyl (C=O) groups excluding carboxylic acids is 4. The van der Waals surface area contributed by atoms with Gasteiger partial charge in [-0.3, -0.25) is 29.0 Å². The number of benzene rings is 4. The standard InChI is InChI=1S/C38H44N6O4S2/c1-41(2)19-7-17-39-31-15-13-29-33-25(31)9-5-11-27(33)35(45)43(37(29)47)21-23-49-50-24-22-44-36(46)28-12-6-10-26-32(40-18-8-20-42(3)4)16-14-30(34(26)28)38(44)48/h5-6,9-16,39-40H,7-8,17-24H2,1-4H3/p+2. The van der Waals surface area contributed by atoms with Gasteiger partial charge in [0.05, 0.1) is 41.3 Å². The molecular weight excluding hydrogens is 669 g/mol. The first-order valence-electron chi connectivity index (χ1n) is 17.3. The molecule has 6 rings (SSSR count). The Kier molecular flexibility index (Phi) is 11.3. The highest BCUT2D eigenvalue weighted by molar-refractivity contribution is 8.76. The number of anilines is 2. The molecule has 2 aliphatic heterocycles. The van der Waals surface area contributed by atoms with Crippen molar-refractivity contribution in [3.05, 3.63) is 82.9 Å². The predicted octanol–water partition coefficient (Wildman–Crippen LogP) is 3.16. The number of hydrogen-bond acceptors (Lipinski definition) is 8. The molecule has 0 atom stereocenters. The van der Waals surface area contributed by atoms with Crippen LogP contribution in [0.1, 0.15) is 54.3 Å². The summed E-state index contributed by atoms with van der Waals surface area (Å²) in [5.41, 5.74) is 4.03. The number of nitrogens with one attached hydrogen (secondary N) is 4. The molecule has 0 saturated carbocycles. The van der Waals surface area contributed by atoms with E-state index in [1.165, 1.54) is 41.2 Å². The number of imide groups is 2. The van der Waals surface area contributed by atoms with Crippen molar-refractivity contribution in [2.24, 2.45) is 0 Å².